The van der Waals surface area contributed by atoms with Crippen molar-refractivity contribution < 1.29 is 42.0 Å². The number of nitrogens with zero attached hydrogens (tertiary/aromatic N) is 1. The Morgan fingerprint density at radius 3 is 2.48 bits per heavy atom. The fourth-order valence-electron chi connectivity index (χ4n) is 1.69. The van der Waals surface area contributed by atoms with E-state index in [1.54, 1.807) is 0 Å². The van der Waals surface area contributed by atoms with Gasteiger partial charge in [0, 0.05) is 19.4 Å². The molecule has 0 amide bonds. The van der Waals surface area contributed by atoms with Crippen molar-refractivity contribution in [2.45, 2.75) is 31.1 Å². The molecule has 0 heterocycles. The van der Waals surface area contributed by atoms with Crippen molar-refractivity contribution in [1.29, 1.82) is 0 Å². The zero-order valence-electron chi connectivity index (χ0n) is 13.0. The lowest BCUT2D eigenvalue weighted by Gasteiger charge is -2.09. The molecule has 1 N–H and O–H groups in total. The summed E-state index contributed by atoms with van der Waals surface area (Å²) >= 11 is 0. The van der Waals surface area contributed by atoms with E-state index in [4.69, 9.17) is 9.29 Å². The maximum atomic E-state index is 11.6. The third kappa shape index (κ3) is 7.58. The van der Waals surface area contributed by atoms with Crippen LogP contribution in [0.3, 0.4) is 0 Å². The molecule has 0 spiro atoms. The van der Waals surface area contributed by atoms with Crippen molar-refractivity contribution in [3.8, 4) is 11.5 Å². The molecule has 0 aliphatic rings. The molecule has 0 saturated carbocycles. The molecule has 0 aliphatic carbocycles. The van der Waals surface area contributed by atoms with Gasteiger partial charge in [-0.1, -0.05) is 0 Å². The Kier molecular flexibility index (Phi) is 7.26. The van der Waals surface area contributed by atoms with Crippen LogP contribution in [0.2, 0.25) is 0 Å². The lowest BCUT2D eigenvalue weighted by atomic mass is 10.2. The molecule has 1 aromatic carbocycles. The summed E-state index contributed by atoms with van der Waals surface area (Å²) in [6.45, 7) is 0.884. The van der Waals surface area contributed by atoms with E-state index in [2.05, 4.69) is 9.57 Å². The minimum atomic E-state index is -4.72. The highest BCUT2D eigenvalue weighted by Gasteiger charge is 2.20. The number of carbonyl (C=O) groups excluding carboxylic acids is 2. The Morgan fingerprint density at radius 1 is 1.24 bits per heavy atom. The quantitative estimate of drug-likeness (QED) is 0.165. The first kappa shape index (κ1) is 20.3. The summed E-state index contributed by atoms with van der Waals surface area (Å²) in [7, 11) is -4.72. The normalized spacial score (nSPS) is 10.8. The maximum absolute atomic E-state index is 11.6. The van der Waals surface area contributed by atoms with Gasteiger partial charge in [0.25, 0.3) is 15.2 Å². The van der Waals surface area contributed by atoms with E-state index in [-0.39, 0.29) is 31.6 Å². The summed E-state index contributed by atoms with van der Waals surface area (Å²) in [5.41, 5.74) is 0. The van der Waals surface area contributed by atoms with Gasteiger partial charge in [-0.2, -0.15) is 8.42 Å². The average Bonchev–Trinajstić information content (AvgIpc) is 2.46. The van der Waals surface area contributed by atoms with Gasteiger partial charge in [0.15, 0.2) is 5.75 Å². The third-order valence-electron chi connectivity index (χ3n) is 2.65. The second-order valence-corrected chi connectivity index (χ2v) is 6.06. The van der Waals surface area contributed by atoms with Crippen LogP contribution in [0, 0.1) is 10.1 Å². The van der Waals surface area contributed by atoms with Gasteiger partial charge in [0.2, 0.25) is 0 Å². The zero-order chi connectivity index (χ0) is 19.0. The molecule has 0 aromatic heterocycles. The number of unbranched alkanes of at least 4 members (excludes halogenated alkanes) is 1. The van der Waals surface area contributed by atoms with Gasteiger partial charge in [0.05, 0.1) is 6.61 Å². The average molecular weight is 377 g/mol. The maximum Gasteiger partial charge on any atom is 0.311 e. The van der Waals surface area contributed by atoms with E-state index in [1.807, 2.05) is 0 Å². The molecule has 0 aliphatic heterocycles. The predicted molar refractivity (Wildman–Crippen MR) is 80.0 cm³/mol. The van der Waals surface area contributed by atoms with Gasteiger partial charge >= 0.3 is 11.9 Å². The Morgan fingerprint density at radius 2 is 1.92 bits per heavy atom. The van der Waals surface area contributed by atoms with Crippen molar-refractivity contribution in [1.82, 2.24) is 0 Å². The fourth-order valence-corrected chi connectivity index (χ4v) is 2.31. The van der Waals surface area contributed by atoms with Gasteiger partial charge in [-0.15, -0.1) is 10.1 Å². The van der Waals surface area contributed by atoms with Crippen LogP contribution in [0.1, 0.15) is 26.2 Å². The van der Waals surface area contributed by atoms with E-state index >= 15 is 0 Å². The molecule has 0 bridgehead atoms. The molecule has 0 fully saturated rings. The van der Waals surface area contributed by atoms with Gasteiger partial charge in [0.1, 0.15) is 10.6 Å². The van der Waals surface area contributed by atoms with E-state index < -0.39 is 37.8 Å². The standard InChI is InChI=1S/C13H15NO10S/c1-9(15)23-11-6-5-10(8-12(11)25(19,20)21)24-13(16)4-2-3-7-22-14(17)18/h5-6,8H,2-4,7H2,1H3,(H,19,20,21). The molecule has 12 heteroatoms. The largest absolute Gasteiger partial charge is 0.426 e. The Labute approximate surface area is 142 Å². The summed E-state index contributed by atoms with van der Waals surface area (Å²) in [4.78, 5) is 35.9. The number of hydrogen-bond acceptors (Lipinski definition) is 9. The summed E-state index contributed by atoms with van der Waals surface area (Å²) in [6.07, 6.45) is 0.412. The van der Waals surface area contributed by atoms with Crippen molar-refractivity contribution in [2.24, 2.45) is 0 Å². The van der Waals surface area contributed by atoms with Gasteiger partial charge in [-0.05, 0) is 25.0 Å². The number of hydrogen-bond donors (Lipinski definition) is 1. The fraction of sp³-hybridized carbons (Fsp3) is 0.385. The monoisotopic (exact) mass is 377 g/mol. The summed E-state index contributed by atoms with van der Waals surface area (Å²) in [6, 6.07) is 3.07. The molecule has 1 aromatic rings. The highest BCUT2D eigenvalue weighted by molar-refractivity contribution is 7.86. The molecule has 11 nitrogen and oxygen atoms in total. The van der Waals surface area contributed by atoms with E-state index in [9.17, 15) is 28.1 Å². The number of ether oxygens (including phenoxy) is 2. The predicted octanol–water partition coefficient (Wildman–Crippen LogP) is 1.14. The Bertz CT molecular complexity index is 758. The van der Waals surface area contributed by atoms with Gasteiger partial charge < -0.3 is 14.3 Å². The molecular formula is C13H15NO10S. The van der Waals surface area contributed by atoms with E-state index in [1.165, 1.54) is 6.07 Å². The molecular weight excluding hydrogens is 362 g/mol. The molecule has 0 atom stereocenters. The molecule has 0 unspecified atom stereocenters. The topological polar surface area (TPSA) is 159 Å². The van der Waals surface area contributed by atoms with Crippen LogP contribution in [-0.2, 0) is 24.5 Å². The molecule has 138 valence electrons. The molecule has 0 saturated heterocycles. The first-order valence-electron chi connectivity index (χ1n) is 6.87. The van der Waals surface area contributed by atoms with Crippen molar-refractivity contribution in [3.63, 3.8) is 0 Å². The second-order valence-electron chi connectivity index (χ2n) is 4.67. The Hall–Kier alpha value is -2.73. The first-order valence-corrected chi connectivity index (χ1v) is 8.31. The number of benzene rings is 1. The van der Waals surface area contributed by atoms with Crippen LogP contribution in [0.25, 0.3) is 0 Å². The summed E-state index contributed by atoms with van der Waals surface area (Å²) < 4.78 is 41.4. The van der Waals surface area contributed by atoms with Crippen molar-refractivity contribution in [2.75, 3.05) is 6.61 Å². The highest BCUT2D eigenvalue weighted by atomic mass is 32.2. The van der Waals surface area contributed by atoms with E-state index in [0.29, 0.717) is 0 Å². The summed E-state index contributed by atoms with van der Waals surface area (Å²) in [5.74, 6) is -2.11. The second kappa shape index (κ2) is 8.94. The number of esters is 2. The molecule has 1 rings (SSSR count). The lowest BCUT2D eigenvalue weighted by Crippen LogP contribution is -2.11. The first-order chi connectivity index (χ1) is 11.6. The SMILES string of the molecule is CC(=O)Oc1ccc(OC(=O)CCCCO[N+](=O)[O-])cc1S(=O)(=O)O. The minimum Gasteiger partial charge on any atom is -0.426 e. The van der Waals surface area contributed by atoms with E-state index in [0.717, 1.165) is 19.1 Å². The van der Waals surface area contributed by atoms with Gasteiger partial charge in [-0.3, -0.25) is 14.1 Å². The summed E-state index contributed by atoms with van der Waals surface area (Å²) in [5, 5.41) is 8.99. The number of carbonyl (C=O) groups is 2. The smallest absolute Gasteiger partial charge is 0.311 e. The number of rotatable bonds is 9. The zero-order valence-corrected chi connectivity index (χ0v) is 13.9. The van der Waals surface area contributed by atoms with Crippen molar-refractivity contribution >= 4 is 22.1 Å². The van der Waals surface area contributed by atoms with Crippen LogP contribution in [0.4, 0.5) is 0 Å². The van der Waals surface area contributed by atoms with Crippen LogP contribution < -0.4 is 9.47 Å². The highest BCUT2D eigenvalue weighted by Crippen LogP contribution is 2.28. The van der Waals surface area contributed by atoms with Crippen molar-refractivity contribution in [3.05, 3.63) is 28.3 Å². The van der Waals surface area contributed by atoms with Crippen LogP contribution >= 0.6 is 0 Å². The minimum absolute atomic E-state index is 0.0893. The van der Waals surface area contributed by atoms with Crippen LogP contribution in [0.5, 0.6) is 11.5 Å². The Balaban J connectivity index is 2.71. The van der Waals surface area contributed by atoms with Gasteiger partial charge in [-0.25, -0.2) is 0 Å². The molecule has 0 radical (unpaired) electrons. The molecule has 25 heavy (non-hydrogen) atoms. The lowest BCUT2D eigenvalue weighted by molar-refractivity contribution is -0.757. The van der Waals surface area contributed by atoms with Crippen LogP contribution in [0.15, 0.2) is 23.1 Å². The third-order valence-corrected chi connectivity index (χ3v) is 3.53. The van der Waals surface area contributed by atoms with Crippen LogP contribution in [-0.4, -0.2) is 36.6 Å².